The lowest BCUT2D eigenvalue weighted by Crippen LogP contribution is -2.40. The van der Waals surface area contributed by atoms with Crippen LogP contribution < -0.4 is 10.6 Å². The van der Waals surface area contributed by atoms with Crippen LogP contribution in [-0.2, 0) is 9.59 Å². The third kappa shape index (κ3) is 3.93. The van der Waals surface area contributed by atoms with Crippen molar-refractivity contribution in [2.24, 2.45) is 0 Å². The molecule has 0 bridgehead atoms. The van der Waals surface area contributed by atoms with Crippen LogP contribution in [0.2, 0.25) is 0 Å². The number of hydrogen-bond donors (Lipinski definition) is 3. The van der Waals surface area contributed by atoms with E-state index in [0.29, 0.717) is 11.6 Å². The molecule has 2 amide bonds. The van der Waals surface area contributed by atoms with Crippen LogP contribution in [-0.4, -0.2) is 47.6 Å². The lowest BCUT2D eigenvalue weighted by atomic mass is 10.2. The van der Waals surface area contributed by atoms with E-state index in [2.05, 4.69) is 20.8 Å². The average molecular weight is 291 g/mol. The lowest BCUT2D eigenvalue weighted by Gasteiger charge is -2.22. The highest BCUT2D eigenvalue weighted by Gasteiger charge is 2.20. The number of furan rings is 1. The zero-order valence-electron chi connectivity index (χ0n) is 11.8. The molecule has 8 heteroatoms. The number of carbonyl (C=O) groups is 2. The Balaban J connectivity index is 1.88. The number of nitrogens with zero attached hydrogens (tertiary/aromatic N) is 2. The minimum absolute atomic E-state index is 0.149. The van der Waals surface area contributed by atoms with Crippen molar-refractivity contribution in [2.75, 3.05) is 26.0 Å². The summed E-state index contributed by atoms with van der Waals surface area (Å²) < 4.78 is 5.33. The van der Waals surface area contributed by atoms with Gasteiger partial charge in [-0.15, -0.1) is 0 Å². The van der Waals surface area contributed by atoms with Crippen LogP contribution in [0.4, 0.5) is 5.82 Å². The van der Waals surface area contributed by atoms with Gasteiger partial charge in [0, 0.05) is 12.6 Å². The molecule has 2 heterocycles. The number of rotatable bonds is 5. The van der Waals surface area contributed by atoms with E-state index in [1.54, 1.807) is 18.4 Å². The zero-order valence-corrected chi connectivity index (χ0v) is 11.8. The van der Waals surface area contributed by atoms with Gasteiger partial charge in [0.25, 0.3) is 0 Å². The fraction of sp³-hybridized carbons (Fsp3) is 0.308. The van der Waals surface area contributed by atoms with E-state index in [-0.39, 0.29) is 12.6 Å². The third-order valence-electron chi connectivity index (χ3n) is 2.91. The third-order valence-corrected chi connectivity index (χ3v) is 2.91. The standard InChI is InChI=1S/C13H17N5O3/c1-18(2)9(10-4-3-7-21-10)8-14-12(19)13(20)16-11-5-6-15-17-11/h3-7,9H,8H2,1-2H3,(H,14,19)(H2,15,16,17,20)/t9-/m1/s1. The Labute approximate surface area is 121 Å². The van der Waals surface area contributed by atoms with E-state index in [9.17, 15) is 9.59 Å². The molecule has 2 rings (SSSR count). The molecular weight excluding hydrogens is 274 g/mol. The topological polar surface area (TPSA) is 103 Å². The van der Waals surface area contributed by atoms with E-state index in [1.807, 2.05) is 25.1 Å². The maximum absolute atomic E-state index is 11.8. The summed E-state index contributed by atoms with van der Waals surface area (Å²) in [6.07, 6.45) is 3.05. The number of H-pyrrole nitrogens is 1. The Morgan fingerprint density at radius 2 is 2.19 bits per heavy atom. The molecule has 0 aliphatic carbocycles. The SMILES string of the molecule is CN(C)[C@H](CNC(=O)C(=O)Nc1ccn[nH]1)c1ccco1. The van der Waals surface area contributed by atoms with Crippen molar-refractivity contribution >= 4 is 17.6 Å². The molecule has 0 aromatic carbocycles. The maximum atomic E-state index is 11.8. The summed E-state index contributed by atoms with van der Waals surface area (Å²) in [5.41, 5.74) is 0. The van der Waals surface area contributed by atoms with E-state index in [0.717, 1.165) is 0 Å². The predicted molar refractivity (Wildman–Crippen MR) is 75.4 cm³/mol. The molecule has 0 aliphatic rings. The minimum Gasteiger partial charge on any atom is -0.468 e. The van der Waals surface area contributed by atoms with Gasteiger partial charge in [0.2, 0.25) is 0 Å². The molecule has 21 heavy (non-hydrogen) atoms. The first kappa shape index (κ1) is 14.8. The van der Waals surface area contributed by atoms with Crippen LogP contribution in [0.1, 0.15) is 11.8 Å². The molecule has 0 saturated carbocycles. The number of hydrogen-bond acceptors (Lipinski definition) is 5. The molecule has 0 radical (unpaired) electrons. The molecule has 2 aromatic heterocycles. The Morgan fingerprint density at radius 3 is 2.76 bits per heavy atom. The van der Waals surface area contributed by atoms with Crippen molar-refractivity contribution in [3.8, 4) is 0 Å². The molecule has 1 atom stereocenters. The fourth-order valence-electron chi connectivity index (χ4n) is 1.79. The largest absolute Gasteiger partial charge is 0.468 e. The minimum atomic E-state index is -0.754. The van der Waals surface area contributed by atoms with Crippen molar-refractivity contribution < 1.29 is 14.0 Å². The fourth-order valence-corrected chi connectivity index (χ4v) is 1.79. The van der Waals surface area contributed by atoms with Crippen molar-refractivity contribution in [2.45, 2.75) is 6.04 Å². The van der Waals surface area contributed by atoms with Crippen LogP contribution in [0.25, 0.3) is 0 Å². The van der Waals surface area contributed by atoms with Gasteiger partial charge >= 0.3 is 11.8 Å². The maximum Gasteiger partial charge on any atom is 0.314 e. The molecule has 0 aliphatic heterocycles. The van der Waals surface area contributed by atoms with Crippen molar-refractivity contribution in [1.29, 1.82) is 0 Å². The Hall–Kier alpha value is -2.61. The lowest BCUT2D eigenvalue weighted by molar-refractivity contribution is -0.136. The molecule has 2 aromatic rings. The summed E-state index contributed by atoms with van der Waals surface area (Å²) in [5, 5.41) is 11.2. The second-order valence-corrected chi connectivity index (χ2v) is 4.63. The highest BCUT2D eigenvalue weighted by molar-refractivity contribution is 6.39. The Kier molecular flexibility index (Phi) is 4.72. The number of aromatic amines is 1. The summed E-state index contributed by atoms with van der Waals surface area (Å²) in [7, 11) is 3.73. The number of carbonyl (C=O) groups excluding carboxylic acids is 2. The molecule has 112 valence electrons. The first-order valence-corrected chi connectivity index (χ1v) is 6.36. The second kappa shape index (κ2) is 6.71. The monoisotopic (exact) mass is 291 g/mol. The number of anilines is 1. The molecule has 0 unspecified atom stereocenters. The summed E-state index contributed by atoms with van der Waals surface area (Å²) in [5.74, 6) is -0.390. The number of amides is 2. The molecule has 0 saturated heterocycles. The molecule has 3 N–H and O–H groups in total. The van der Waals surface area contributed by atoms with Crippen LogP contribution in [0.3, 0.4) is 0 Å². The van der Waals surface area contributed by atoms with E-state index in [1.165, 1.54) is 6.20 Å². The average Bonchev–Trinajstić information content (AvgIpc) is 3.11. The van der Waals surface area contributed by atoms with E-state index in [4.69, 9.17) is 4.42 Å². The van der Waals surface area contributed by atoms with Gasteiger partial charge in [-0.05, 0) is 26.2 Å². The van der Waals surface area contributed by atoms with Crippen LogP contribution in [0.15, 0.2) is 35.1 Å². The van der Waals surface area contributed by atoms with Gasteiger partial charge in [0.05, 0.1) is 18.5 Å². The summed E-state index contributed by atoms with van der Waals surface area (Å²) >= 11 is 0. The molecular formula is C13H17N5O3. The highest BCUT2D eigenvalue weighted by Crippen LogP contribution is 2.17. The van der Waals surface area contributed by atoms with Crippen LogP contribution in [0, 0.1) is 0 Å². The van der Waals surface area contributed by atoms with E-state index < -0.39 is 11.8 Å². The van der Waals surface area contributed by atoms with Crippen molar-refractivity contribution in [1.82, 2.24) is 20.4 Å². The van der Waals surface area contributed by atoms with Gasteiger partial charge in [0.1, 0.15) is 11.6 Å². The number of aromatic nitrogens is 2. The summed E-state index contributed by atoms with van der Waals surface area (Å²) in [6.45, 7) is 0.260. The van der Waals surface area contributed by atoms with Gasteiger partial charge in [-0.2, -0.15) is 5.10 Å². The highest BCUT2D eigenvalue weighted by atomic mass is 16.3. The molecule has 0 fully saturated rings. The number of likely N-dealkylation sites (N-methyl/N-ethyl adjacent to an activating group) is 1. The van der Waals surface area contributed by atoms with Gasteiger partial charge in [-0.25, -0.2) is 0 Å². The van der Waals surface area contributed by atoms with Gasteiger partial charge in [0.15, 0.2) is 0 Å². The van der Waals surface area contributed by atoms with Crippen LogP contribution in [0.5, 0.6) is 0 Å². The molecule has 0 spiro atoms. The smallest absolute Gasteiger partial charge is 0.314 e. The Bertz CT molecular complexity index is 577. The number of nitrogens with one attached hydrogen (secondary N) is 3. The predicted octanol–water partition coefficient (Wildman–Crippen LogP) is 0.360. The second-order valence-electron chi connectivity index (χ2n) is 4.63. The zero-order chi connectivity index (χ0) is 15.2. The summed E-state index contributed by atoms with van der Waals surface area (Å²) in [6, 6.07) is 5.00. The van der Waals surface area contributed by atoms with E-state index >= 15 is 0 Å². The van der Waals surface area contributed by atoms with Gasteiger partial charge < -0.3 is 15.1 Å². The van der Waals surface area contributed by atoms with Crippen molar-refractivity contribution in [3.63, 3.8) is 0 Å². The van der Waals surface area contributed by atoms with Crippen LogP contribution >= 0.6 is 0 Å². The molecule has 8 nitrogen and oxygen atoms in total. The van der Waals surface area contributed by atoms with Crippen molar-refractivity contribution in [3.05, 3.63) is 36.4 Å². The Morgan fingerprint density at radius 1 is 1.38 bits per heavy atom. The quantitative estimate of drug-likeness (QED) is 0.690. The van der Waals surface area contributed by atoms with Gasteiger partial charge in [-0.3, -0.25) is 19.6 Å². The first-order valence-electron chi connectivity index (χ1n) is 6.36. The first-order chi connectivity index (χ1) is 10.1. The van der Waals surface area contributed by atoms with Gasteiger partial charge in [-0.1, -0.05) is 0 Å². The summed E-state index contributed by atoms with van der Waals surface area (Å²) in [4.78, 5) is 25.3. The normalized spacial score (nSPS) is 12.1.